The van der Waals surface area contributed by atoms with E-state index in [-0.39, 0.29) is 6.54 Å². The van der Waals surface area contributed by atoms with Crippen LogP contribution in [0.15, 0.2) is 30.3 Å². The Bertz CT molecular complexity index is 402. The highest BCUT2D eigenvalue weighted by molar-refractivity contribution is 5.82. The van der Waals surface area contributed by atoms with Crippen molar-refractivity contribution >= 4 is 5.91 Å². The van der Waals surface area contributed by atoms with Crippen LogP contribution in [0.1, 0.15) is 24.4 Å². The van der Waals surface area contributed by atoms with E-state index in [1.54, 1.807) is 30.3 Å². The summed E-state index contributed by atoms with van der Waals surface area (Å²) >= 11 is 0. The second-order valence-corrected chi connectivity index (χ2v) is 4.07. The van der Waals surface area contributed by atoms with Crippen LogP contribution < -0.4 is 0 Å². The fourth-order valence-electron chi connectivity index (χ4n) is 2.19. The van der Waals surface area contributed by atoms with Crippen molar-refractivity contribution in [1.29, 1.82) is 0 Å². The largest absolute Gasteiger partial charge is 0.471 e. The lowest BCUT2D eigenvalue weighted by Gasteiger charge is -2.25. The third-order valence-corrected chi connectivity index (χ3v) is 2.94. The molecular weight excluding hydrogens is 231 g/mol. The highest BCUT2D eigenvalue weighted by Crippen LogP contribution is 2.34. The summed E-state index contributed by atoms with van der Waals surface area (Å²) in [7, 11) is 0. The highest BCUT2D eigenvalue weighted by atomic mass is 19.4. The van der Waals surface area contributed by atoms with Crippen molar-refractivity contribution in [1.82, 2.24) is 4.90 Å². The third-order valence-electron chi connectivity index (χ3n) is 2.94. The molecule has 2 nitrogen and oxygen atoms in total. The standard InChI is InChI=1S/C12H12F3NO/c13-12(14,15)11(17)16-8-4-7-10(16)9-5-2-1-3-6-9/h1-3,5-6,10H,4,7-8H2. The zero-order valence-electron chi connectivity index (χ0n) is 9.07. The Morgan fingerprint density at radius 1 is 1.24 bits per heavy atom. The zero-order chi connectivity index (χ0) is 12.5. The number of amides is 1. The molecule has 0 spiro atoms. The van der Waals surface area contributed by atoms with Gasteiger partial charge in [0.05, 0.1) is 6.04 Å². The van der Waals surface area contributed by atoms with Crippen LogP contribution in [-0.2, 0) is 4.79 Å². The lowest BCUT2D eigenvalue weighted by Crippen LogP contribution is -2.40. The number of carbonyl (C=O) groups excluding carboxylic acids is 1. The first kappa shape index (κ1) is 12.0. The zero-order valence-corrected chi connectivity index (χ0v) is 9.07. The molecule has 1 atom stereocenters. The fraction of sp³-hybridized carbons (Fsp3) is 0.417. The van der Waals surface area contributed by atoms with Gasteiger partial charge in [0.1, 0.15) is 0 Å². The Hall–Kier alpha value is -1.52. The molecule has 92 valence electrons. The summed E-state index contributed by atoms with van der Waals surface area (Å²) in [5.74, 6) is -1.73. The molecule has 1 saturated heterocycles. The van der Waals surface area contributed by atoms with Crippen molar-refractivity contribution in [3.8, 4) is 0 Å². The van der Waals surface area contributed by atoms with Gasteiger partial charge in [-0.15, -0.1) is 0 Å². The number of hydrogen-bond donors (Lipinski definition) is 0. The summed E-state index contributed by atoms with van der Waals surface area (Å²) < 4.78 is 37.2. The monoisotopic (exact) mass is 243 g/mol. The van der Waals surface area contributed by atoms with E-state index in [0.29, 0.717) is 12.8 Å². The lowest BCUT2D eigenvalue weighted by atomic mass is 10.0. The van der Waals surface area contributed by atoms with Crippen LogP contribution in [0.2, 0.25) is 0 Å². The Kier molecular flexibility index (Phi) is 3.09. The van der Waals surface area contributed by atoms with E-state index < -0.39 is 18.1 Å². The maximum Gasteiger partial charge on any atom is 0.471 e. The van der Waals surface area contributed by atoms with E-state index in [1.165, 1.54) is 0 Å². The molecule has 0 bridgehead atoms. The molecule has 0 aromatic heterocycles. The molecule has 2 rings (SSSR count). The maximum absolute atomic E-state index is 12.4. The predicted molar refractivity (Wildman–Crippen MR) is 56.2 cm³/mol. The predicted octanol–water partition coefficient (Wildman–Crippen LogP) is 2.91. The molecule has 17 heavy (non-hydrogen) atoms. The molecule has 1 aliphatic heterocycles. The molecule has 1 aromatic carbocycles. The van der Waals surface area contributed by atoms with Crippen LogP contribution in [0.25, 0.3) is 0 Å². The minimum atomic E-state index is -4.78. The van der Waals surface area contributed by atoms with E-state index >= 15 is 0 Å². The van der Waals surface area contributed by atoms with Gasteiger partial charge in [0.2, 0.25) is 0 Å². The minimum absolute atomic E-state index is 0.178. The number of benzene rings is 1. The number of alkyl halides is 3. The second-order valence-electron chi connectivity index (χ2n) is 4.07. The van der Waals surface area contributed by atoms with Gasteiger partial charge in [-0.25, -0.2) is 0 Å². The van der Waals surface area contributed by atoms with Crippen LogP contribution in [0.3, 0.4) is 0 Å². The topological polar surface area (TPSA) is 20.3 Å². The third kappa shape index (κ3) is 2.43. The van der Waals surface area contributed by atoms with E-state index in [9.17, 15) is 18.0 Å². The lowest BCUT2D eigenvalue weighted by molar-refractivity contribution is -0.186. The molecule has 1 heterocycles. The van der Waals surface area contributed by atoms with Crippen molar-refractivity contribution in [2.24, 2.45) is 0 Å². The van der Waals surface area contributed by atoms with Crippen LogP contribution in [0.4, 0.5) is 13.2 Å². The van der Waals surface area contributed by atoms with Gasteiger partial charge in [0, 0.05) is 6.54 Å². The van der Waals surface area contributed by atoms with Crippen molar-refractivity contribution in [3.63, 3.8) is 0 Å². The molecule has 0 saturated carbocycles. The molecule has 1 fully saturated rings. The number of hydrogen-bond acceptors (Lipinski definition) is 1. The van der Waals surface area contributed by atoms with Gasteiger partial charge in [0.15, 0.2) is 0 Å². The first-order valence-corrected chi connectivity index (χ1v) is 5.43. The van der Waals surface area contributed by atoms with Crippen molar-refractivity contribution in [3.05, 3.63) is 35.9 Å². The number of halogens is 3. The summed E-state index contributed by atoms with van der Waals surface area (Å²) in [6, 6.07) is 8.41. The molecule has 1 amide bonds. The maximum atomic E-state index is 12.4. The summed E-state index contributed by atoms with van der Waals surface area (Å²) in [6.07, 6.45) is -3.58. The smallest absolute Gasteiger partial charge is 0.328 e. The van der Waals surface area contributed by atoms with E-state index in [4.69, 9.17) is 0 Å². The van der Waals surface area contributed by atoms with Gasteiger partial charge in [-0.2, -0.15) is 13.2 Å². The molecule has 5 heteroatoms. The van der Waals surface area contributed by atoms with Gasteiger partial charge in [-0.05, 0) is 18.4 Å². The molecular formula is C12H12F3NO. The number of nitrogens with zero attached hydrogens (tertiary/aromatic N) is 1. The van der Waals surface area contributed by atoms with Crippen molar-refractivity contribution in [2.45, 2.75) is 25.1 Å². The van der Waals surface area contributed by atoms with E-state index in [2.05, 4.69) is 0 Å². The Balaban J connectivity index is 2.22. The van der Waals surface area contributed by atoms with Gasteiger partial charge in [-0.1, -0.05) is 30.3 Å². The van der Waals surface area contributed by atoms with Crippen LogP contribution in [0, 0.1) is 0 Å². The normalized spacial score (nSPS) is 20.6. The molecule has 1 aromatic rings. The van der Waals surface area contributed by atoms with Gasteiger partial charge >= 0.3 is 12.1 Å². The van der Waals surface area contributed by atoms with Crippen LogP contribution in [-0.4, -0.2) is 23.5 Å². The average Bonchev–Trinajstić information content (AvgIpc) is 2.76. The van der Waals surface area contributed by atoms with Crippen LogP contribution >= 0.6 is 0 Å². The highest BCUT2D eigenvalue weighted by Gasteiger charge is 2.46. The first-order valence-electron chi connectivity index (χ1n) is 5.43. The molecule has 1 aliphatic rings. The quantitative estimate of drug-likeness (QED) is 0.742. The summed E-state index contributed by atoms with van der Waals surface area (Å²) in [6.45, 7) is 0.178. The fourth-order valence-corrected chi connectivity index (χ4v) is 2.19. The summed E-state index contributed by atoms with van der Waals surface area (Å²) in [5.41, 5.74) is 0.766. The number of rotatable bonds is 1. The summed E-state index contributed by atoms with van der Waals surface area (Å²) in [5, 5.41) is 0. The van der Waals surface area contributed by atoms with Gasteiger partial charge in [0.25, 0.3) is 0 Å². The molecule has 0 N–H and O–H groups in total. The Morgan fingerprint density at radius 2 is 1.88 bits per heavy atom. The SMILES string of the molecule is O=C(N1CCCC1c1ccccc1)C(F)(F)F. The molecule has 0 aliphatic carbocycles. The molecule has 1 unspecified atom stereocenters. The second kappa shape index (κ2) is 4.39. The van der Waals surface area contributed by atoms with Crippen molar-refractivity contribution in [2.75, 3.05) is 6.54 Å². The van der Waals surface area contributed by atoms with E-state index in [1.807, 2.05) is 0 Å². The number of carbonyl (C=O) groups is 1. The summed E-state index contributed by atoms with van der Waals surface area (Å²) in [4.78, 5) is 12.2. The number of likely N-dealkylation sites (tertiary alicyclic amines) is 1. The molecule has 0 radical (unpaired) electrons. The Labute approximate surface area is 97.0 Å². The van der Waals surface area contributed by atoms with Gasteiger partial charge < -0.3 is 4.90 Å². The average molecular weight is 243 g/mol. The van der Waals surface area contributed by atoms with Crippen molar-refractivity contribution < 1.29 is 18.0 Å². The van der Waals surface area contributed by atoms with Crippen LogP contribution in [0.5, 0.6) is 0 Å². The first-order chi connectivity index (χ1) is 8.00. The van der Waals surface area contributed by atoms with Gasteiger partial charge in [-0.3, -0.25) is 4.79 Å². The Morgan fingerprint density at radius 3 is 2.47 bits per heavy atom. The minimum Gasteiger partial charge on any atom is -0.328 e. The van der Waals surface area contributed by atoms with E-state index in [0.717, 1.165) is 10.5 Å².